The molecule has 1 amide bonds. The van der Waals surface area contributed by atoms with Crippen LogP contribution in [0.25, 0.3) is 0 Å². The first-order valence-electron chi connectivity index (χ1n) is 6.97. The number of nitrogens with two attached hydrogens (primary N) is 1. The minimum atomic E-state index is -0.0846. The van der Waals surface area contributed by atoms with Gasteiger partial charge in [0.15, 0.2) is 0 Å². The minimum Gasteiger partial charge on any atom is -0.397 e. The number of amides is 1. The van der Waals surface area contributed by atoms with Crippen molar-refractivity contribution in [1.29, 1.82) is 0 Å². The highest BCUT2D eigenvalue weighted by atomic mass is 35.5. The molecule has 1 fully saturated rings. The van der Waals surface area contributed by atoms with E-state index in [4.69, 9.17) is 17.3 Å². The molecule has 0 bridgehead atoms. The van der Waals surface area contributed by atoms with E-state index >= 15 is 0 Å². The summed E-state index contributed by atoms with van der Waals surface area (Å²) in [5.41, 5.74) is 6.52. The molecular formula is C14H21ClN4O. The standard InChI is InChI=1S/C14H21ClN4O/c1-3-10(2)18-4-6-19(7-5-18)14(20)12-8-11(16)9-17-13(12)15/h8-10H,3-7,16H2,1-2H3. The van der Waals surface area contributed by atoms with Crippen LogP contribution in [0.3, 0.4) is 0 Å². The highest BCUT2D eigenvalue weighted by molar-refractivity contribution is 6.32. The number of carbonyl (C=O) groups is 1. The molecule has 6 heteroatoms. The fraction of sp³-hybridized carbons (Fsp3) is 0.571. The van der Waals surface area contributed by atoms with Crippen LogP contribution in [0.15, 0.2) is 12.3 Å². The lowest BCUT2D eigenvalue weighted by Crippen LogP contribution is -2.51. The van der Waals surface area contributed by atoms with Crippen molar-refractivity contribution in [2.45, 2.75) is 26.3 Å². The van der Waals surface area contributed by atoms with Crippen molar-refractivity contribution in [1.82, 2.24) is 14.8 Å². The van der Waals surface area contributed by atoms with E-state index in [1.165, 1.54) is 6.20 Å². The van der Waals surface area contributed by atoms with Gasteiger partial charge in [-0.15, -0.1) is 0 Å². The summed E-state index contributed by atoms with van der Waals surface area (Å²) in [7, 11) is 0. The molecule has 0 saturated carbocycles. The monoisotopic (exact) mass is 296 g/mol. The summed E-state index contributed by atoms with van der Waals surface area (Å²) in [5, 5.41) is 0.216. The summed E-state index contributed by atoms with van der Waals surface area (Å²) in [6, 6.07) is 2.16. The highest BCUT2D eigenvalue weighted by Gasteiger charge is 2.25. The van der Waals surface area contributed by atoms with Gasteiger partial charge in [-0.05, 0) is 19.4 Å². The largest absolute Gasteiger partial charge is 0.397 e. The van der Waals surface area contributed by atoms with Crippen molar-refractivity contribution in [2.24, 2.45) is 0 Å². The van der Waals surface area contributed by atoms with Crippen LogP contribution >= 0.6 is 11.6 Å². The number of piperazine rings is 1. The Hall–Kier alpha value is -1.33. The molecule has 1 aromatic rings. The third-order valence-corrected chi connectivity index (χ3v) is 4.21. The number of rotatable bonds is 3. The van der Waals surface area contributed by atoms with E-state index in [-0.39, 0.29) is 11.1 Å². The lowest BCUT2D eigenvalue weighted by Gasteiger charge is -2.37. The molecule has 110 valence electrons. The third kappa shape index (κ3) is 3.22. The van der Waals surface area contributed by atoms with Gasteiger partial charge in [0.05, 0.1) is 17.4 Å². The van der Waals surface area contributed by atoms with E-state index in [1.807, 2.05) is 4.90 Å². The van der Waals surface area contributed by atoms with Gasteiger partial charge in [0, 0.05) is 32.2 Å². The number of hydrogen-bond donors (Lipinski definition) is 1. The lowest BCUT2D eigenvalue weighted by atomic mass is 10.1. The quantitative estimate of drug-likeness (QED) is 0.865. The van der Waals surface area contributed by atoms with Gasteiger partial charge in [-0.3, -0.25) is 9.69 Å². The van der Waals surface area contributed by atoms with Crippen LogP contribution in [0.5, 0.6) is 0 Å². The Balaban J connectivity index is 2.03. The first kappa shape index (κ1) is 15.1. The Morgan fingerprint density at radius 2 is 2.10 bits per heavy atom. The maximum absolute atomic E-state index is 12.4. The molecule has 1 aliphatic heterocycles. The van der Waals surface area contributed by atoms with E-state index < -0.39 is 0 Å². The lowest BCUT2D eigenvalue weighted by molar-refractivity contribution is 0.0579. The number of carbonyl (C=O) groups excluding carboxylic acids is 1. The maximum Gasteiger partial charge on any atom is 0.257 e. The number of hydrogen-bond acceptors (Lipinski definition) is 4. The molecule has 0 aliphatic carbocycles. The van der Waals surface area contributed by atoms with Crippen LogP contribution < -0.4 is 5.73 Å². The predicted molar refractivity (Wildman–Crippen MR) is 80.9 cm³/mol. The number of aromatic nitrogens is 1. The zero-order chi connectivity index (χ0) is 14.7. The highest BCUT2D eigenvalue weighted by Crippen LogP contribution is 2.19. The summed E-state index contributed by atoms with van der Waals surface area (Å²) >= 11 is 5.99. The zero-order valence-electron chi connectivity index (χ0n) is 12.0. The molecule has 1 unspecified atom stereocenters. The van der Waals surface area contributed by atoms with Gasteiger partial charge in [-0.1, -0.05) is 18.5 Å². The molecule has 1 aliphatic rings. The maximum atomic E-state index is 12.4. The Morgan fingerprint density at radius 1 is 1.45 bits per heavy atom. The van der Waals surface area contributed by atoms with Crippen molar-refractivity contribution in [3.63, 3.8) is 0 Å². The van der Waals surface area contributed by atoms with Crippen molar-refractivity contribution in [2.75, 3.05) is 31.9 Å². The SMILES string of the molecule is CCC(C)N1CCN(C(=O)c2cc(N)cnc2Cl)CC1. The Morgan fingerprint density at radius 3 is 2.70 bits per heavy atom. The van der Waals surface area contributed by atoms with Gasteiger partial charge >= 0.3 is 0 Å². The van der Waals surface area contributed by atoms with Crippen LogP contribution in [0.2, 0.25) is 5.15 Å². The van der Waals surface area contributed by atoms with E-state index in [1.54, 1.807) is 6.07 Å². The number of anilines is 1. The van der Waals surface area contributed by atoms with Crippen molar-refractivity contribution < 1.29 is 4.79 Å². The van der Waals surface area contributed by atoms with Gasteiger partial charge in [-0.25, -0.2) is 4.98 Å². The minimum absolute atomic E-state index is 0.0846. The van der Waals surface area contributed by atoms with Gasteiger partial charge in [-0.2, -0.15) is 0 Å². The fourth-order valence-corrected chi connectivity index (χ4v) is 2.59. The number of halogens is 1. The van der Waals surface area contributed by atoms with E-state index in [2.05, 4.69) is 23.7 Å². The molecule has 20 heavy (non-hydrogen) atoms. The Bertz CT molecular complexity index is 486. The molecule has 0 aromatic carbocycles. The van der Waals surface area contributed by atoms with Crippen LogP contribution in [-0.2, 0) is 0 Å². The second-order valence-corrected chi connectivity index (χ2v) is 5.55. The number of pyridine rings is 1. The molecule has 1 atom stereocenters. The van der Waals surface area contributed by atoms with Gasteiger partial charge in [0.25, 0.3) is 5.91 Å². The van der Waals surface area contributed by atoms with E-state index in [9.17, 15) is 4.79 Å². The van der Waals surface area contributed by atoms with Gasteiger partial charge < -0.3 is 10.6 Å². The average molecular weight is 297 g/mol. The van der Waals surface area contributed by atoms with Crippen molar-refractivity contribution in [3.8, 4) is 0 Å². The van der Waals surface area contributed by atoms with Crippen LogP contribution in [0.1, 0.15) is 30.6 Å². The van der Waals surface area contributed by atoms with Gasteiger partial charge in [0.1, 0.15) is 5.15 Å². The number of nitrogen functional groups attached to an aromatic ring is 1. The zero-order valence-corrected chi connectivity index (χ0v) is 12.7. The summed E-state index contributed by atoms with van der Waals surface area (Å²) in [5.74, 6) is -0.0846. The normalized spacial score (nSPS) is 18.1. The topological polar surface area (TPSA) is 62.5 Å². The molecule has 2 N–H and O–H groups in total. The third-order valence-electron chi connectivity index (χ3n) is 3.91. The molecule has 2 heterocycles. The van der Waals surface area contributed by atoms with Crippen molar-refractivity contribution in [3.05, 3.63) is 23.0 Å². The second-order valence-electron chi connectivity index (χ2n) is 5.19. The first-order chi connectivity index (χ1) is 9.52. The molecule has 2 rings (SSSR count). The number of nitrogens with zero attached hydrogens (tertiary/aromatic N) is 3. The smallest absolute Gasteiger partial charge is 0.257 e. The average Bonchev–Trinajstić information content (AvgIpc) is 2.48. The molecule has 0 spiro atoms. The van der Waals surface area contributed by atoms with Gasteiger partial charge in [0.2, 0.25) is 0 Å². The van der Waals surface area contributed by atoms with Crippen LogP contribution in [-0.4, -0.2) is 52.9 Å². The summed E-state index contributed by atoms with van der Waals surface area (Å²) in [4.78, 5) is 20.6. The molecular weight excluding hydrogens is 276 g/mol. The molecule has 1 saturated heterocycles. The molecule has 0 radical (unpaired) electrons. The summed E-state index contributed by atoms with van der Waals surface area (Å²) in [6.45, 7) is 7.63. The Labute approximate surface area is 124 Å². The van der Waals surface area contributed by atoms with Crippen LogP contribution in [0, 0.1) is 0 Å². The van der Waals surface area contributed by atoms with E-state index in [0.29, 0.717) is 30.4 Å². The first-order valence-corrected chi connectivity index (χ1v) is 7.35. The predicted octanol–water partition coefficient (Wildman–Crippen LogP) is 1.87. The molecule has 5 nitrogen and oxygen atoms in total. The van der Waals surface area contributed by atoms with Crippen LogP contribution in [0.4, 0.5) is 5.69 Å². The summed E-state index contributed by atoms with van der Waals surface area (Å²) < 4.78 is 0. The molecule has 1 aromatic heterocycles. The Kier molecular flexibility index (Phi) is 4.83. The van der Waals surface area contributed by atoms with Crippen molar-refractivity contribution >= 4 is 23.2 Å². The second kappa shape index (κ2) is 6.41. The summed E-state index contributed by atoms with van der Waals surface area (Å²) in [6.07, 6.45) is 2.58. The van der Waals surface area contributed by atoms with E-state index in [0.717, 1.165) is 19.5 Å². The fourth-order valence-electron chi connectivity index (χ4n) is 2.41.